The lowest BCUT2D eigenvalue weighted by atomic mass is 10.1. The van der Waals surface area contributed by atoms with Crippen molar-refractivity contribution in [2.75, 3.05) is 18.4 Å². The van der Waals surface area contributed by atoms with Crippen molar-refractivity contribution in [2.45, 2.75) is 44.7 Å². The van der Waals surface area contributed by atoms with E-state index in [4.69, 9.17) is 0 Å². The number of piperidine rings is 1. The van der Waals surface area contributed by atoms with Crippen LogP contribution in [0.15, 0.2) is 24.4 Å². The highest BCUT2D eigenvalue weighted by atomic mass is 15.3. The molecule has 0 aromatic carbocycles. The largest absolute Gasteiger partial charge is 0.366 e. The molecule has 1 aliphatic carbocycles. The minimum atomic E-state index is 0.516. The summed E-state index contributed by atoms with van der Waals surface area (Å²) in [6.45, 7) is 4.38. The van der Waals surface area contributed by atoms with Crippen molar-refractivity contribution in [3.8, 4) is 5.82 Å². The molecule has 116 valence electrons. The summed E-state index contributed by atoms with van der Waals surface area (Å²) in [6.07, 6.45) is 7.09. The van der Waals surface area contributed by atoms with Crippen LogP contribution in [0.5, 0.6) is 0 Å². The Morgan fingerprint density at radius 2 is 1.86 bits per heavy atom. The van der Waals surface area contributed by atoms with Gasteiger partial charge >= 0.3 is 0 Å². The van der Waals surface area contributed by atoms with Crippen LogP contribution in [0.4, 0.5) is 5.82 Å². The van der Waals surface area contributed by atoms with Gasteiger partial charge in [-0.15, -0.1) is 10.2 Å². The summed E-state index contributed by atoms with van der Waals surface area (Å²) in [5.74, 6) is 1.61. The Kier molecular flexibility index (Phi) is 3.54. The smallest absolute Gasteiger partial charge is 0.175 e. The molecule has 0 radical (unpaired) electrons. The molecule has 1 aliphatic heterocycles. The molecular formula is C16H22N6. The average molecular weight is 298 g/mol. The van der Waals surface area contributed by atoms with Crippen LogP contribution in [0.1, 0.15) is 31.4 Å². The van der Waals surface area contributed by atoms with Crippen LogP contribution in [0.2, 0.25) is 0 Å². The van der Waals surface area contributed by atoms with E-state index in [9.17, 15) is 0 Å². The molecule has 0 bridgehead atoms. The van der Waals surface area contributed by atoms with Gasteiger partial charge in [0.05, 0.1) is 5.69 Å². The van der Waals surface area contributed by atoms with Gasteiger partial charge in [0.25, 0.3) is 0 Å². The molecule has 3 heterocycles. The number of aryl methyl sites for hydroxylation is 1. The summed E-state index contributed by atoms with van der Waals surface area (Å²) in [5.41, 5.74) is 0.978. The van der Waals surface area contributed by atoms with Gasteiger partial charge in [-0.1, -0.05) is 0 Å². The van der Waals surface area contributed by atoms with Gasteiger partial charge in [0.1, 0.15) is 5.82 Å². The maximum Gasteiger partial charge on any atom is 0.175 e. The third-order valence-electron chi connectivity index (χ3n) is 4.55. The molecular weight excluding hydrogens is 276 g/mol. The normalized spacial score (nSPS) is 20.2. The van der Waals surface area contributed by atoms with Gasteiger partial charge in [0, 0.05) is 31.4 Å². The van der Waals surface area contributed by atoms with Gasteiger partial charge in [-0.3, -0.25) is 0 Å². The van der Waals surface area contributed by atoms with E-state index in [2.05, 4.69) is 25.5 Å². The molecule has 6 nitrogen and oxygen atoms in total. The zero-order valence-corrected chi connectivity index (χ0v) is 12.9. The first-order chi connectivity index (χ1) is 10.8. The monoisotopic (exact) mass is 298 g/mol. The average Bonchev–Trinajstić information content (AvgIpc) is 3.30. The highest BCUT2D eigenvalue weighted by molar-refractivity contribution is 5.37. The highest BCUT2D eigenvalue weighted by Gasteiger charge is 2.31. The van der Waals surface area contributed by atoms with Crippen LogP contribution in [0, 0.1) is 6.92 Å². The van der Waals surface area contributed by atoms with Crippen molar-refractivity contribution in [1.29, 1.82) is 0 Å². The molecule has 0 amide bonds. The fourth-order valence-electron chi connectivity index (χ4n) is 3.12. The molecule has 0 atom stereocenters. The second kappa shape index (κ2) is 5.68. The summed E-state index contributed by atoms with van der Waals surface area (Å²) >= 11 is 0. The molecule has 1 saturated carbocycles. The highest BCUT2D eigenvalue weighted by Crippen LogP contribution is 2.29. The zero-order valence-electron chi connectivity index (χ0n) is 12.9. The maximum absolute atomic E-state index is 4.35. The molecule has 0 spiro atoms. The Bertz CT molecular complexity index is 622. The Morgan fingerprint density at radius 1 is 1.05 bits per heavy atom. The molecule has 1 N–H and O–H groups in total. The van der Waals surface area contributed by atoms with Gasteiger partial charge in [-0.05, 0) is 50.8 Å². The first kappa shape index (κ1) is 13.7. The van der Waals surface area contributed by atoms with E-state index in [1.54, 1.807) is 4.68 Å². The minimum absolute atomic E-state index is 0.516. The molecule has 0 unspecified atom stereocenters. The lowest BCUT2D eigenvalue weighted by Gasteiger charge is -2.32. The topological polar surface area (TPSA) is 58.9 Å². The van der Waals surface area contributed by atoms with Crippen molar-refractivity contribution < 1.29 is 0 Å². The lowest BCUT2D eigenvalue weighted by Crippen LogP contribution is -2.40. The fourth-order valence-corrected chi connectivity index (χ4v) is 3.12. The van der Waals surface area contributed by atoms with Gasteiger partial charge in [-0.25, -0.2) is 4.68 Å². The number of rotatable bonds is 4. The predicted molar refractivity (Wildman–Crippen MR) is 85.1 cm³/mol. The van der Waals surface area contributed by atoms with Crippen molar-refractivity contribution in [3.05, 3.63) is 30.1 Å². The molecule has 1 saturated heterocycles. The summed E-state index contributed by atoms with van der Waals surface area (Å²) in [6, 6.07) is 7.31. The Labute approximate surface area is 130 Å². The van der Waals surface area contributed by atoms with Gasteiger partial charge in [0.15, 0.2) is 5.82 Å². The number of likely N-dealkylation sites (tertiary alicyclic amines) is 1. The van der Waals surface area contributed by atoms with Crippen LogP contribution < -0.4 is 5.32 Å². The van der Waals surface area contributed by atoms with E-state index < -0.39 is 0 Å². The Balaban J connectivity index is 1.35. The molecule has 2 aromatic rings. The van der Waals surface area contributed by atoms with Gasteiger partial charge in [0.2, 0.25) is 0 Å². The first-order valence-electron chi connectivity index (χ1n) is 8.15. The predicted octanol–water partition coefficient (Wildman–Crippen LogP) is 2.01. The number of anilines is 1. The van der Waals surface area contributed by atoms with Crippen LogP contribution in [0.25, 0.3) is 5.82 Å². The van der Waals surface area contributed by atoms with Crippen LogP contribution >= 0.6 is 0 Å². The Morgan fingerprint density at radius 3 is 2.45 bits per heavy atom. The van der Waals surface area contributed by atoms with E-state index in [1.807, 2.05) is 31.3 Å². The molecule has 6 heteroatoms. The van der Waals surface area contributed by atoms with Crippen molar-refractivity contribution >= 4 is 5.82 Å². The molecule has 2 fully saturated rings. The maximum atomic E-state index is 4.35. The number of nitrogens with one attached hydrogen (secondary N) is 1. The third kappa shape index (κ3) is 2.97. The SMILES string of the molecule is Cc1ccn(-c2ccc(NC3CCN(C4CC4)CC3)nn2)n1. The van der Waals surface area contributed by atoms with Crippen molar-refractivity contribution in [2.24, 2.45) is 0 Å². The summed E-state index contributed by atoms with van der Waals surface area (Å²) in [4.78, 5) is 2.63. The van der Waals surface area contributed by atoms with E-state index in [1.165, 1.54) is 38.8 Å². The number of hydrogen-bond donors (Lipinski definition) is 1. The van der Waals surface area contributed by atoms with Gasteiger partial charge < -0.3 is 10.2 Å². The van der Waals surface area contributed by atoms with Crippen molar-refractivity contribution in [3.63, 3.8) is 0 Å². The number of nitrogens with zero attached hydrogens (tertiary/aromatic N) is 5. The van der Waals surface area contributed by atoms with Crippen LogP contribution in [-0.4, -0.2) is 50.1 Å². The quantitative estimate of drug-likeness (QED) is 0.935. The standard InChI is InChI=1S/C16H22N6/c1-12-6-11-22(20-12)16-5-4-15(18-19-16)17-13-7-9-21(10-8-13)14-2-3-14/h4-6,11,13-14H,2-3,7-10H2,1H3,(H,17,18). The van der Waals surface area contributed by atoms with Gasteiger partial charge in [-0.2, -0.15) is 5.10 Å². The van der Waals surface area contributed by atoms with Crippen LogP contribution in [0.3, 0.4) is 0 Å². The zero-order chi connectivity index (χ0) is 14.9. The first-order valence-corrected chi connectivity index (χ1v) is 8.15. The van der Waals surface area contributed by atoms with E-state index in [-0.39, 0.29) is 0 Å². The number of aromatic nitrogens is 4. The Hall–Kier alpha value is -1.95. The summed E-state index contributed by atoms with van der Waals surface area (Å²) in [5, 5.41) is 16.4. The number of hydrogen-bond acceptors (Lipinski definition) is 5. The molecule has 22 heavy (non-hydrogen) atoms. The summed E-state index contributed by atoms with van der Waals surface area (Å²) in [7, 11) is 0. The molecule has 2 aliphatic rings. The van der Waals surface area contributed by atoms with Crippen LogP contribution in [-0.2, 0) is 0 Å². The van der Waals surface area contributed by atoms with Crippen molar-refractivity contribution in [1.82, 2.24) is 24.9 Å². The van der Waals surface area contributed by atoms with E-state index in [0.717, 1.165) is 23.4 Å². The lowest BCUT2D eigenvalue weighted by molar-refractivity contribution is 0.210. The fraction of sp³-hybridized carbons (Fsp3) is 0.562. The second-order valence-electron chi connectivity index (χ2n) is 6.36. The minimum Gasteiger partial charge on any atom is -0.366 e. The van der Waals surface area contributed by atoms with E-state index in [0.29, 0.717) is 6.04 Å². The second-order valence-corrected chi connectivity index (χ2v) is 6.36. The van der Waals surface area contributed by atoms with E-state index >= 15 is 0 Å². The third-order valence-corrected chi connectivity index (χ3v) is 4.55. The molecule has 4 rings (SSSR count). The molecule has 2 aromatic heterocycles. The summed E-state index contributed by atoms with van der Waals surface area (Å²) < 4.78 is 1.75.